The molecule has 2 aromatic carbocycles. The van der Waals surface area contributed by atoms with Gasteiger partial charge in [-0.1, -0.05) is 29.8 Å². The summed E-state index contributed by atoms with van der Waals surface area (Å²) in [5.74, 6) is -1.20. The Bertz CT molecular complexity index is 1030. The molecule has 8 nitrogen and oxygen atoms in total. The van der Waals surface area contributed by atoms with Crippen LogP contribution in [0.25, 0.3) is 11.3 Å². The number of nitro groups is 1. The molecule has 0 aliphatic heterocycles. The molecule has 0 saturated heterocycles. The predicted molar refractivity (Wildman–Crippen MR) is 97.1 cm³/mol. The number of hydrogen-bond acceptors (Lipinski definition) is 5. The molecule has 0 aliphatic rings. The SMILES string of the molecule is O=C(N/N=C\c1c(F)cccc1Cl)c1cc(-c2cccc([N+](=O)[O-])c2)n[nH]1. The van der Waals surface area contributed by atoms with Crippen LogP contribution in [0.1, 0.15) is 16.1 Å². The first-order chi connectivity index (χ1) is 13.0. The van der Waals surface area contributed by atoms with Crippen LogP contribution in [-0.2, 0) is 0 Å². The van der Waals surface area contributed by atoms with Crippen molar-refractivity contribution in [2.45, 2.75) is 0 Å². The van der Waals surface area contributed by atoms with Gasteiger partial charge in [0, 0.05) is 23.3 Å². The van der Waals surface area contributed by atoms with Gasteiger partial charge in [0.05, 0.1) is 21.9 Å². The number of hydrazone groups is 1. The van der Waals surface area contributed by atoms with Crippen molar-refractivity contribution in [1.29, 1.82) is 0 Å². The van der Waals surface area contributed by atoms with Crippen LogP contribution in [0.2, 0.25) is 5.02 Å². The van der Waals surface area contributed by atoms with Gasteiger partial charge in [-0.05, 0) is 18.2 Å². The molecular formula is C17H11ClFN5O3. The van der Waals surface area contributed by atoms with Crippen LogP contribution >= 0.6 is 11.6 Å². The Morgan fingerprint density at radius 1 is 1.30 bits per heavy atom. The lowest BCUT2D eigenvalue weighted by Crippen LogP contribution is -2.18. The van der Waals surface area contributed by atoms with Crippen LogP contribution in [-0.4, -0.2) is 27.2 Å². The first kappa shape index (κ1) is 18.2. The van der Waals surface area contributed by atoms with Gasteiger partial charge in [0.25, 0.3) is 11.6 Å². The number of aromatic amines is 1. The van der Waals surface area contributed by atoms with Gasteiger partial charge in [-0.15, -0.1) is 0 Å². The topological polar surface area (TPSA) is 113 Å². The zero-order valence-electron chi connectivity index (χ0n) is 13.5. The summed E-state index contributed by atoms with van der Waals surface area (Å²) < 4.78 is 13.6. The molecular weight excluding hydrogens is 377 g/mol. The van der Waals surface area contributed by atoms with Crippen LogP contribution in [0.4, 0.5) is 10.1 Å². The fraction of sp³-hybridized carbons (Fsp3) is 0. The molecule has 1 amide bonds. The van der Waals surface area contributed by atoms with E-state index in [0.717, 1.165) is 6.21 Å². The molecule has 1 aromatic heterocycles. The summed E-state index contributed by atoms with van der Waals surface area (Å²) >= 11 is 5.86. The van der Waals surface area contributed by atoms with E-state index in [4.69, 9.17) is 11.6 Å². The van der Waals surface area contributed by atoms with Crippen molar-refractivity contribution in [3.8, 4) is 11.3 Å². The molecule has 0 aliphatic carbocycles. The van der Waals surface area contributed by atoms with Gasteiger partial charge >= 0.3 is 0 Å². The molecule has 0 atom stereocenters. The highest BCUT2D eigenvalue weighted by Crippen LogP contribution is 2.22. The van der Waals surface area contributed by atoms with Crippen molar-refractivity contribution >= 4 is 29.4 Å². The smallest absolute Gasteiger partial charge is 0.272 e. The third-order valence-corrected chi connectivity index (χ3v) is 3.86. The number of carbonyl (C=O) groups excluding carboxylic acids is 1. The predicted octanol–water partition coefficient (Wildman–Crippen LogP) is 3.54. The first-order valence-corrected chi connectivity index (χ1v) is 7.91. The van der Waals surface area contributed by atoms with E-state index in [2.05, 4.69) is 20.7 Å². The van der Waals surface area contributed by atoms with E-state index >= 15 is 0 Å². The molecule has 0 fully saturated rings. The van der Waals surface area contributed by atoms with Crippen LogP contribution < -0.4 is 5.43 Å². The molecule has 0 saturated carbocycles. The summed E-state index contributed by atoms with van der Waals surface area (Å²) in [6.45, 7) is 0. The maximum Gasteiger partial charge on any atom is 0.289 e. The van der Waals surface area contributed by atoms with Crippen molar-refractivity contribution in [2.75, 3.05) is 0 Å². The Balaban J connectivity index is 1.73. The zero-order chi connectivity index (χ0) is 19.4. The monoisotopic (exact) mass is 387 g/mol. The maximum atomic E-state index is 13.6. The molecule has 1 heterocycles. The van der Waals surface area contributed by atoms with Crippen LogP contribution in [0.15, 0.2) is 53.6 Å². The number of benzene rings is 2. The summed E-state index contributed by atoms with van der Waals surface area (Å²) in [7, 11) is 0. The van der Waals surface area contributed by atoms with E-state index in [0.29, 0.717) is 11.3 Å². The minimum Gasteiger partial charge on any atom is -0.272 e. The molecule has 10 heteroatoms. The number of H-pyrrole nitrogens is 1. The lowest BCUT2D eigenvalue weighted by molar-refractivity contribution is -0.384. The molecule has 0 spiro atoms. The number of rotatable bonds is 5. The quantitative estimate of drug-likeness (QED) is 0.396. The van der Waals surface area contributed by atoms with E-state index in [-0.39, 0.29) is 22.0 Å². The fourth-order valence-corrected chi connectivity index (χ4v) is 2.43. The third kappa shape index (κ3) is 4.15. The van der Waals surface area contributed by atoms with Gasteiger partial charge in [-0.2, -0.15) is 10.2 Å². The second kappa shape index (κ2) is 7.75. The average Bonchev–Trinajstić information content (AvgIpc) is 3.14. The number of nitrogens with one attached hydrogen (secondary N) is 2. The molecule has 3 aromatic rings. The van der Waals surface area contributed by atoms with E-state index < -0.39 is 16.6 Å². The Labute approximate surface area is 156 Å². The Hall–Kier alpha value is -3.59. The largest absolute Gasteiger partial charge is 0.289 e. The maximum absolute atomic E-state index is 13.6. The Kier molecular flexibility index (Phi) is 5.23. The van der Waals surface area contributed by atoms with Crippen molar-refractivity contribution < 1.29 is 14.1 Å². The highest BCUT2D eigenvalue weighted by molar-refractivity contribution is 6.33. The lowest BCUT2D eigenvalue weighted by atomic mass is 10.1. The van der Waals surface area contributed by atoms with Crippen LogP contribution in [0.3, 0.4) is 0 Å². The fourth-order valence-electron chi connectivity index (χ4n) is 2.21. The van der Waals surface area contributed by atoms with E-state index in [1.165, 1.54) is 42.5 Å². The van der Waals surface area contributed by atoms with Crippen molar-refractivity contribution in [3.63, 3.8) is 0 Å². The van der Waals surface area contributed by atoms with E-state index in [1.807, 2.05) is 0 Å². The number of carbonyl (C=O) groups is 1. The summed E-state index contributed by atoms with van der Waals surface area (Å²) in [6, 6.07) is 11.4. The molecule has 0 bridgehead atoms. The van der Waals surface area contributed by atoms with Crippen LogP contribution in [0, 0.1) is 15.9 Å². The Morgan fingerprint density at radius 2 is 2.07 bits per heavy atom. The number of hydrogen-bond donors (Lipinski definition) is 2. The van der Waals surface area contributed by atoms with Crippen molar-refractivity contribution in [3.05, 3.63) is 80.7 Å². The summed E-state index contributed by atoms with van der Waals surface area (Å²) in [4.78, 5) is 22.4. The van der Waals surface area contributed by atoms with Gasteiger partial charge in [0.2, 0.25) is 0 Å². The molecule has 2 N–H and O–H groups in total. The average molecular weight is 388 g/mol. The molecule has 136 valence electrons. The van der Waals surface area contributed by atoms with Crippen molar-refractivity contribution in [1.82, 2.24) is 15.6 Å². The van der Waals surface area contributed by atoms with Gasteiger partial charge in [-0.3, -0.25) is 20.0 Å². The second-order valence-corrected chi connectivity index (χ2v) is 5.72. The number of halogens is 2. The van der Waals surface area contributed by atoms with Gasteiger partial charge < -0.3 is 0 Å². The number of nitrogens with zero attached hydrogens (tertiary/aromatic N) is 3. The van der Waals surface area contributed by atoms with E-state index in [1.54, 1.807) is 6.07 Å². The van der Waals surface area contributed by atoms with Gasteiger partial charge in [-0.25, -0.2) is 9.82 Å². The second-order valence-electron chi connectivity index (χ2n) is 5.31. The normalized spacial score (nSPS) is 10.9. The number of aromatic nitrogens is 2. The molecule has 27 heavy (non-hydrogen) atoms. The molecule has 0 unspecified atom stereocenters. The summed E-state index contributed by atoms with van der Waals surface area (Å²) in [6.07, 6.45) is 1.09. The number of non-ortho nitro benzene ring substituents is 1. The first-order valence-electron chi connectivity index (χ1n) is 7.53. The standard InChI is InChI=1S/C17H11ClFN5O3/c18-13-5-2-6-14(19)12(13)9-20-23-17(25)16-8-15(21-22-16)10-3-1-4-11(7-10)24(26)27/h1-9H,(H,21,22)(H,23,25)/b20-9-. The van der Waals surface area contributed by atoms with Crippen molar-refractivity contribution in [2.24, 2.45) is 5.10 Å². The zero-order valence-corrected chi connectivity index (χ0v) is 14.3. The summed E-state index contributed by atoms with van der Waals surface area (Å²) in [5, 5.41) is 21.1. The minimum atomic E-state index is -0.622. The van der Waals surface area contributed by atoms with Gasteiger partial charge in [0.1, 0.15) is 11.5 Å². The Morgan fingerprint density at radius 3 is 2.81 bits per heavy atom. The minimum absolute atomic E-state index is 0.0429. The van der Waals surface area contributed by atoms with E-state index in [9.17, 15) is 19.3 Å². The van der Waals surface area contributed by atoms with Gasteiger partial charge in [0.15, 0.2) is 0 Å². The lowest BCUT2D eigenvalue weighted by Gasteiger charge is -1.99. The molecule has 3 rings (SSSR count). The highest BCUT2D eigenvalue weighted by atomic mass is 35.5. The number of amides is 1. The number of nitro benzene ring substituents is 1. The molecule has 0 radical (unpaired) electrons. The highest BCUT2D eigenvalue weighted by Gasteiger charge is 2.13. The summed E-state index contributed by atoms with van der Waals surface area (Å²) in [5.41, 5.74) is 3.08. The van der Waals surface area contributed by atoms with Crippen LogP contribution in [0.5, 0.6) is 0 Å². The third-order valence-electron chi connectivity index (χ3n) is 3.53.